The molecule has 0 heterocycles. The molecule has 7 heteroatoms. The van der Waals surface area contributed by atoms with E-state index in [-0.39, 0.29) is 30.7 Å². The molecule has 1 aliphatic rings. The summed E-state index contributed by atoms with van der Waals surface area (Å²) in [6, 6.07) is 5.24. The van der Waals surface area contributed by atoms with E-state index >= 15 is 0 Å². The summed E-state index contributed by atoms with van der Waals surface area (Å²) in [5.74, 6) is -1.46. The summed E-state index contributed by atoms with van der Waals surface area (Å²) in [7, 11) is -3.86. The van der Waals surface area contributed by atoms with Gasteiger partial charge in [0.15, 0.2) is 14.6 Å². The van der Waals surface area contributed by atoms with Crippen molar-refractivity contribution in [3.05, 3.63) is 29.3 Å². The molecule has 1 amide bonds. The SMILES string of the molecule is Cc1ccc(C)c(S(=O)(=O)C2(C(=O)NCCC(C)(C)C(=O)O)CCCC2)c1. The Hall–Kier alpha value is -1.89. The Kier molecular flexibility index (Phi) is 6.04. The molecule has 1 aliphatic carbocycles. The van der Waals surface area contributed by atoms with Crippen LogP contribution < -0.4 is 5.32 Å². The predicted molar refractivity (Wildman–Crippen MR) is 103 cm³/mol. The van der Waals surface area contributed by atoms with Crippen molar-refractivity contribution < 1.29 is 23.1 Å². The highest BCUT2D eigenvalue weighted by Crippen LogP contribution is 2.41. The normalized spacial score (nSPS) is 16.9. The van der Waals surface area contributed by atoms with Gasteiger partial charge in [-0.15, -0.1) is 0 Å². The van der Waals surface area contributed by atoms with Crippen LogP contribution in [-0.4, -0.2) is 36.7 Å². The molecule has 0 bridgehead atoms. The maximum absolute atomic E-state index is 13.5. The number of carboxylic acid groups (broad SMARTS) is 1. The van der Waals surface area contributed by atoms with Gasteiger partial charge in [-0.25, -0.2) is 8.42 Å². The number of nitrogens with one attached hydrogen (secondary N) is 1. The van der Waals surface area contributed by atoms with E-state index in [9.17, 15) is 23.1 Å². The first-order chi connectivity index (χ1) is 12.4. The zero-order chi connectivity index (χ0) is 20.5. The van der Waals surface area contributed by atoms with Crippen LogP contribution in [0.2, 0.25) is 0 Å². The predicted octanol–water partition coefficient (Wildman–Crippen LogP) is 3.01. The third kappa shape index (κ3) is 4.03. The van der Waals surface area contributed by atoms with Crippen molar-refractivity contribution in [2.75, 3.05) is 6.54 Å². The number of amides is 1. The molecule has 0 spiro atoms. The molecule has 1 saturated carbocycles. The van der Waals surface area contributed by atoms with E-state index in [4.69, 9.17) is 0 Å². The van der Waals surface area contributed by atoms with E-state index in [0.29, 0.717) is 18.4 Å². The van der Waals surface area contributed by atoms with Crippen molar-refractivity contribution in [1.29, 1.82) is 0 Å². The zero-order valence-corrected chi connectivity index (χ0v) is 17.3. The number of carboxylic acids is 1. The summed E-state index contributed by atoms with van der Waals surface area (Å²) in [5, 5.41) is 11.9. The van der Waals surface area contributed by atoms with E-state index in [1.54, 1.807) is 32.9 Å². The van der Waals surface area contributed by atoms with E-state index in [1.165, 1.54) is 0 Å². The number of benzene rings is 1. The Bertz CT molecular complexity index is 836. The second-order valence-corrected chi connectivity index (χ2v) is 10.4. The van der Waals surface area contributed by atoms with Crippen molar-refractivity contribution in [1.82, 2.24) is 5.32 Å². The summed E-state index contributed by atoms with van der Waals surface area (Å²) in [6.45, 7) is 6.86. The molecule has 1 aromatic carbocycles. The van der Waals surface area contributed by atoms with E-state index in [1.807, 2.05) is 13.0 Å². The molecule has 2 N–H and O–H groups in total. The van der Waals surface area contributed by atoms with Gasteiger partial charge in [0.2, 0.25) is 5.91 Å². The van der Waals surface area contributed by atoms with Crippen LogP contribution >= 0.6 is 0 Å². The third-order valence-electron chi connectivity index (χ3n) is 5.59. The van der Waals surface area contributed by atoms with Crippen LogP contribution in [0, 0.1) is 19.3 Å². The molecular weight excluding hydrogens is 366 g/mol. The minimum atomic E-state index is -3.86. The van der Waals surface area contributed by atoms with Gasteiger partial charge >= 0.3 is 5.97 Å². The number of hydrogen-bond acceptors (Lipinski definition) is 4. The maximum atomic E-state index is 13.5. The Morgan fingerprint density at radius 1 is 1.19 bits per heavy atom. The Morgan fingerprint density at radius 2 is 1.78 bits per heavy atom. The Labute approximate surface area is 161 Å². The maximum Gasteiger partial charge on any atom is 0.309 e. The van der Waals surface area contributed by atoms with Gasteiger partial charge in [0.25, 0.3) is 0 Å². The second-order valence-electron chi connectivity index (χ2n) is 8.17. The van der Waals surface area contributed by atoms with E-state index < -0.39 is 31.9 Å². The van der Waals surface area contributed by atoms with Gasteiger partial charge in [0, 0.05) is 6.54 Å². The highest BCUT2D eigenvalue weighted by atomic mass is 32.2. The molecule has 0 atom stereocenters. The van der Waals surface area contributed by atoms with Crippen LogP contribution in [0.4, 0.5) is 0 Å². The van der Waals surface area contributed by atoms with Crippen molar-refractivity contribution in [2.24, 2.45) is 5.41 Å². The van der Waals surface area contributed by atoms with Crippen LogP contribution in [0.5, 0.6) is 0 Å². The fraction of sp³-hybridized carbons (Fsp3) is 0.600. The van der Waals surface area contributed by atoms with E-state index in [2.05, 4.69) is 5.32 Å². The Balaban J connectivity index is 2.30. The average molecular weight is 396 g/mol. The van der Waals surface area contributed by atoms with Gasteiger partial charge in [-0.05, 0) is 64.2 Å². The fourth-order valence-corrected chi connectivity index (χ4v) is 5.92. The number of carbonyl (C=O) groups is 2. The molecule has 1 aromatic rings. The van der Waals surface area contributed by atoms with E-state index in [0.717, 1.165) is 5.56 Å². The number of rotatable bonds is 7. The van der Waals surface area contributed by atoms with Gasteiger partial charge < -0.3 is 10.4 Å². The Morgan fingerprint density at radius 3 is 2.33 bits per heavy atom. The van der Waals surface area contributed by atoms with Gasteiger partial charge in [0.05, 0.1) is 10.3 Å². The molecule has 6 nitrogen and oxygen atoms in total. The summed E-state index contributed by atoms with van der Waals surface area (Å²) in [5.41, 5.74) is 0.477. The lowest BCUT2D eigenvalue weighted by Crippen LogP contribution is -2.51. The number of sulfone groups is 1. The third-order valence-corrected chi connectivity index (χ3v) is 8.23. The fourth-order valence-electron chi connectivity index (χ4n) is 3.53. The molecular formula is C20H29NO5S. The summed E-state index contributed by atoms with van der Waals surface area (Å²) >= 11 is 0. The highest BCUT2D eigenvalue weighted by Gasteiger charge is 2.53. The van der Waals surface area contributed by atoms with Crippen LogP contribution in [0.1, 0.15) is 57.1 Å². The molecule has 150 valence electrons. The minimum absolute atomic E-state index is 0.127. The van der Waals surface area contributed by atoms with Crippen LogP contribution in [-0.2, 0) is 19.4 Å². The van der Waals surface area contributed by atoms with Crippen LogP contribution in [0.15, 0.2) is 23.1 Å². The second kappa shape index (κ2) is 7.62. The largest absolute Gasteiger partial charge is 0.481 e. The van der Waals surface area contributed by atoms with Crippen LogP contribution in [0.3, 0.4) is 0 Å². The molecule has 1 fully saturated rings. The van der Waals surface area contributed by atoms with Crippen molar-refractivity contribution in [3.8, 4) is 0 Å². The van der Waals surface area contributed by atoms with Crippen molar-refractivity contribution in [2.45, 2.75) is 69.4 Å². The van der Waals surface area contributed by atoms with Gasteiger partial charge in [-0.2, -0.15) is 0 Å². The molecule has 0 aromatic heterocycles. The molecule has 27 heavy (non-hydrogen) atoms. The number of hydrogen-bond donors (Lipinski definition) is 2. The molecule has 2 rings (SSSR count). The first-order valence-corrected chi connectivity index (χ1v) is 10.8. The van der Waals surface area contributed by atoms with Crippen molar-refractivity contribution in [3.63, 3.8) is 0 Å². The summed E-state index contributed by atoms with van der Waals surface area (Å²) < 4.78 is 25.5. The summed E-state index contributed by atoms with van der Waals surface area (Å²) in [4.78, 5) is 24.4. The summed E-state index contributed by atoms with van der Waals surface area (Å²) in [6.07, 6.45) is 2.16. The lowest BCUT2D eigenvalue weighted by molar-refractivity contribution is -0.147. The molecule has 0 unspecified atom stereocenters. The molecule has 0 saturated heterocycles. The quantitative estimate of drug-likeness (QED) is 0.739. The van der Waals surface area contributed by atoms with Gasteiger partial charge in [-0.3, -0.25) is 9.59 Å². The topological polar surface area (TPSA) is 101 Å². The van der Waals surface area contributed by atoms with Crippen LogP contribution in [0.25, 0.3) is 0 Å². The molecule has 0 radical (unpaired) electrons. The zero-order valence-electron chi connectivity index (χ0n) is 16.5. The highest BCUT2D eigenvalue weighted by molar-refractivity contribution is 7.93. The smallest absolute Gasteiger partial charge is 0.309 e. The average Bonchev–Trinajstić information content (AvgIpc) is 3.08. The number of carbonyl (C=O) groups excluding carboxylic acids is 1. The first-order valence-electron chi connectivity index (χ1n) is 9.28. The van der Waals surface area contributed by atoms with Gasteiger partial charge in [-0.1, -0.05) is 25.0 Å². The molecule has 0 aliphatic heterocycles. The lowest BCUT2D eigenvalue weighted by atomic mass is 9.89. The number of aryl methyl sites for hydroxylation is 2. The monoisotopic (exact) mass is 395 g/mol. The standard InChI is InChI=1S/C20H29NO5S/c1-14-7-8-15(2)16(13-14)27(25,26)20(9-5-6-10-20)17(22)21-12-11-19(3,4)18(23)24/h7-8,13H,5-6,9-12H2,1-4H3,(H,21,22)(H,23,24). The van der Waals surface area contributed by atoms with Crippen molar-refractivity contribution >= 4 is 21.7 Å². The number of aliphatic carboxylic acids is 1. The first kappa shape index (κ1) is 21.4. The van der Waals surface area contributed by atoms with Gasteiger partial charge in [0.1, 0.15) is 0 Å². The lowest BCUT2D eigenvalue weighted by Gasteiger charge is -2.29. The minimum Gasteiger partial charge on any atom is -0.481 e.